The van der Waals surface area contributed by atoms with E-state index in [0.717, 1.165) is 34.0 Å². The van der Waals surface area contributed by atoms with Gasteiger partial charge in [0.1, 0.15) is 0 Å². The molecule has 98 valence electrons. The summed E-state index contributed by atoms with van der Waals surface area (Å²) < 4.78 is 1.01. The van der Waals surface area contributed by atoms with Crippen molar-refractivity contribution >= 4 is 38.4 Å². The molecule has 2 heterocycles. The summed E-state index contributed by atoms with van der Waals surface area (Å²) in [6, 6.07) is 8.06. The molecule has 1 aromatic heterocycles. The van der Waals surface area contributed by atoms with Crippen molar-refractivity contribution in [3.8, 4) is 0 Å². The lowest BCUT2D eigenvalue weighted by Crippen LogP contribution is -2.27. The van der Waals surface area contributed by atoms with Gasteiger partial charge in [0.15, 0.2) is 0 Å². The summed E-state index contributed by atoms with van der Waals surface area (Å²) in [7, 11) is 0. The van der Waals surface area contributed by atoms with Gasteiger partial charge in [0.2, 0.25) is 5.91 Å². The molecule has 1 amide bonds. The topological polar surface area (TPSA) is 59.2 Å². The van der Waals surface area contributed by atoms with Crippen LogP contribution in [-0.4, -0.2) is 24.0 Å². The van der Waals surface area contributed by atoms with Crippen molar-refractivity contribution in [3.05, 3.63) is 34.9 Å². The number of benzene rings is 1. The lowest BCUT2D eigenvalue weighted by Gasteiger charge is -2.20. The Bertz CT molecular complexity index is 644. The highest BCUT2D eigenvalue weighted by molar-refractivity contribution is 9.10. The molecule has 4 nitrogen and oxygen atoms in total. The van der Waals surface area contributed by atoms with E-state index in [4.69, 9.17) is 5.73 Å². The van der Waals surface area contributed by atoms with Gasteiger partial charge in [-0.2, -0.15) is 0 Å². The van der Waals surface area contributed by atoms with Gasteiger partial charge in [-0.3, -0.25) is 9.78 Å². The highest BCUT2D eigenvalue weighted by Gasteiger charge is 2.27. The summed E-state index contributed by atoms with van der Waals surface area (Å²) in [6.07, 6.45) is 2.64. The van der Waals surface area contributed by atoms with E-state index in [9.17, 15) is 4.79 Å². The molecular formula is C14H14BrN3O. The number of nitrogens with two attached hydrogens (primary N) is 1. The predicted molar refractivity (Wildman–Crippen MR) is 79.0 cm³/mol. The number of hydrogen-bond donors (Lipinski definition) is 1. The molecule has 1 fully saturated rings. The number of carbonyl (C=O) groups excluding carboxylic acids is 1. The molecule has 1 saturated heterocycles. The molecule has 1 aliphatic heterocycles. The number of amides is 1. The number of nitrogens with zero attached hydrogens (tertiary/aromatic N) is 2. The molecule has 2 N–H and O–H groups in total. The van der Waals surface area contributed by atoms with E-state index in [1.165, 1.54) is 0 Å². The van der Waals surface area contributed by atoms with Crippen molar-refractivity contribution in [2.45, 2.75) is 6.42 Å². The Morgan fingerprint density at radius 1 is 1.42 bits per heavy atom. The summed E-state index contributed by atoms with van der Waals surface area (Å²) in [6.45, 7) is 1.56. The normalized spacial score (nSPS) is 19.0. The fourth-order valence-electron chi connectivity index (χ4n) is 2.59. The number of rotatable bonds is 2. The van der Waals surface area contributed by atoms with E-state index < -0.39 is 0 Å². The molecular weight excluding hydrogens is 306 g/mol. The molecule has 2 aromatic rings. The molecule has 0 radical (unpaired) electrons. The number of aromatic nitrogens is 1. The third kappa shape index (κ3) is 2.30. The molecule has 0 saturated carbocycles. The summed E-state index contributed by atoms with van der Waals surface area (Å²) >= 11 is 3.45. The van der Waals surface area contributed by atoms with Gasteiger partial charge in [-0.05, 0) is 30.7 Å². The van der Waals surface area contributed by atoms with Crippen LogP contribution in [0, 0.1) is 5.92 Å². The first-order valence-electron chi connectivity index (χ1n) is 6.23. The Morgan fingerprint density at radius 3 is 3.00 bits per heavy atom. The van der Waals surface area contributed by atoms with Crippen molar-refractivity contribution in [2.75, 3.05) is 18.0 Å². The van der Waals surface area contributed by atoms with Crippen LogP contribution in [0.25, 0.3) is 10.9 Å². The standard InChI is InChI=1S/C14H14BrN3O/c15-10-1-2-11-12(7-10)17-5-3-13(11)18-6-4-9(8-18)14(16)19/h1-3,5,7,9H,4,6,8H2,(H2,16,19). The maximum absolute atomic E-state index is 11.3. The van der Waals surface area contributed by atoms with E-state index in [0.29, 0.717) is 6.54 Å². The summed E-state index contributed by atoms with van der Waals surface area (Å²) in [5.74, 6) is -0.248. The number of halogens is 1. The van der Waals surface area contributed by atoms with Crippen LogP contribution >= 0.6 is 15.9 Å². The lowest BCUT2D eigenvalue weighted by atomic mass is 10.1. The van der Waals surface area contributed by atoms with E-state index in [1.54, 1.807) is 0 Å². The molecule has 0 aliphatic carbocycles. The van der Waals surface area contributed by atoms with Crippen LogP contribution in [0.3, 0.4) is 0 Å². The first kappa shape index (κ1) is 12.4. The lowest BCUT2D eigenvalue weighted by molar-refractivity contribution is -0.121. The van der Waals surface area contributed by atoms with Gasteiger partial charge in [0, 0.05) is 34.8 Å². The van der Waals surface area contributed by atoms with E-state index in [-0.39, 0.29) is 11.8 Å². The Labute approximate surface area is 119 Å². The largest absolute Gasteiger partial charge is 0.370 e. The molecule has 1 aromatic carbocycles. The fourth-order valence-corrected chi connectivity index (χ4v) is 2.94. The fraction of sp³-hybridized carbons (Fsp3) is 0.286. The maximum Gasteiger partial charge on any atom is 0.222 e. The summed E-state index contributed by atoms with van der Waals surface area (Å²) in [4.78, 5) is 17.9. The van der Waals surface area contributed by atoms with Crippen molar-refractivity contribution in [2.24, 2.45) is 11.7 Å². The van der Waals surface area contributed by atoms with E-state index in [2.05, 4.69) is 31.9 Å². The Morgan fingerprint density at radius 2 is 2.26 bits per heavy atom. The number of anilines is 1. The highest BCUT2D eigenvalue weighted by Crippen LogP contribution is 2.31. The van der Waals surface area contributed by atoms with Crippen molar-refractivity contribution < 1.29 is 4.79 Å². The average molecular weight is 320 g/mol. The van der Waals surface area contributed by atoms with E-state index in [1.807, 2.05) is 24.4 Å². The number of carbonyl (C=O) groups is 1. The van der Waals surface area contributed by atoms with Gasteiger partial charge in [-0.15, -0.1) is 0 Å². The van der Waals surface area contributed by atoms with Crippen LogP contribution in [0.2, 0.25) is 0 Å². The molecule has 1 aliphatic rings. The Hall–Kier alpha value is -1.62. The van der Waals surface area contributed by atoms with Crippen molar-refractivity contribution in [1.29, 1.82) is 0 Å². The average Bonchev–Trinajstić information content (AvgIpc) is 2.87. The number of pyridine rings is 1. The SMILES string of the molecule is NC(=O)C1CCN(c2ccnc3cc(Br)ccc23)C1. The first-order valence-corrected chi connectivity index (χ1v) is 7.03. The van der Waals surface area contributed by atoms with Gasteiger partial charge in [-0.25, -0.2) is 0 Å². The zero-order valence-corrected chi connectivity index (χ0v) is 11.9. The van der Waals surface area contributed by atoms with Crippen LogP contribution in [0.4, 0.5) is 5.69 Å². The van der Waals surface area contributed by atoms with Crippen molar-refractivity contribution in [1.82, 2.24) is 4.98 Å². The minimum Gasteiger partial charge on any atom is -0.370 e. The molecule has 1 atom stereocenters. The molecule has 19 heavy (non-hydrogen) atoms. The maximum atomic E-state index is 11.3. The summed E-state index contributed by atoms with van der Waals surface area (Å²) in [5, 5.41) is 1.11. The van der Waals surface area contributed by atoms with Crippen molar-refractivity contribution in [3.63, 3.8) is 0 Å². The molecule has 5 heteroatoms. The second-order valence-corrected chi connectivity index (χ2v) is 5.74. The number of primary amides is 1. The smallest absolute Gasteiger partial charge is 0.222 e. The third-order valence-electron chi connectivity index (χ3n) is 3.61. The van der Waals surface area contributed by atoms with Crippen LogP contribution in [0.5, 0.6) is 0 Å². The molecule has 1 unspecified atom stereocenters. The molecule has 3 rings (SSSR count). The number of fused-ring (bicyclic) bond motifs is 1. The molecule has 0 bridgehead atoms. The second kappa shape index (κ2) is 4.81. The van der Waals surface area contributed by atoms with Crippen LogP contribution in [-0.2, 0) is 4.79 Å². The number of hydrogen-bond acceptors (Lipinski definition) is 3. The monoisotopic (exact) mass is 319 g/mol. The highest BCUT2D eigenvalue weighted by atomic mass is 79.9. The van der Waals surface area contributed by atoms with Crippen LogP contribution in [0.1, 0.15) is 6.42 Å². The van der Waals surface area contributed by atoms with Gasteiger partial charge in [0.05, 0.1) is 11.4 Å². The zero-order valence-electron chi connectivity index (χ0n) is 10.3. The third-order valence-corrected chi connectivity index (χ3v) is 4.11. The second-order valence-electron chi connectivity index (χ2n) is 4.83. The van der Waals surface area contributed by atoms with Gasteiger partial charge < -0.3 is 10.6 Å². The summed E-state index contributed by atoms with van der Waals surface area (Å²) in [5.41, 5.74) is 7.47. The zero-order chi connectivity index (χ0) is 13.4. The predicted octanol–water partition coefficient (Wildman–Crippen LogP) is 2.31. The minimum absolute atomic E-state index is 0.0429. The van der Waals surface area contributed by atoms with E-state index >= 15 is 0 Å². The minimum atomic E-state index is -0.205. The molecule has 0 spiro atoms. The quantitative estimate of drug-likeness (QED) is 0.924. The Balaban J connectivity index is 2.00. The first-order chi connectivity index (χ1) is 9.15. The van der Waals surface area contributed by atoms with Gasteiger partial charge in [-0.1, -0.05) is 15.9 Å². The van der Waals surface area contributed by atoms with Crippen LogP contribution in [0.15, 0.2) is 34.9 Å². The Kier molecular flexibility index (Phi) is 3.14. The van der Waals surface area contributed by atoms with Gasteiger partial charge >= 0.3 is 0 Å². The van der Waals surface area contributed by atoms with Crippen LogP contribution < -0.4 is 10.6 Å². The van der Waals surface area contributed by atoms with Gasteiger partial charge in [0.25, 0.3) is 0 Å².